The van der Waals surface area contributed by atoms with Gasteiger partial charge in [-0.1, -0.05) is 49.4 Å². The van der Waals surface area contributed by atoms with Gasteiger partial charge in [0.2, 0.25) is 0 Å². The lowest BCUT2D eigenvalue weighted by Gasteiger charge is -2.15. The van der Waals surface area contributed by atoms with Crippen LogP contribution in [0.15, 0.2) is 54.6 Å². The average Bonchev–Trinajstić information content (AvgIpc) is 2.55. The normalized spacial score (nSPS) is 11.7. The van der Waals surface area contributed by atoms with Crippen LogP contribution in [0.2, 0.25) is 0 Å². The van der Waals surface area contributed by atoms with Crippen molar-refractivity contribution in [3.8, 4) is 0 Å². The van der Waals surface area contributed by atoms with Gasteiger partial charge in [-0.25, -0.2) is 4.79 Å². The quantitative estimate of drug-likeness (QED) is 0.861. The van der Waals surface area contributed by atoms with E-state index < -0.39 is 12.0 Å². The number of aliphatic carboxylic acids is 1. The fourth-order valence-electron chi connectivity index (χ4n) is 2.18. The van der Waals surface area contributed by atoms with Gasteiger partial charge in [0.15, 0.2) is 0 Å². The van der Waals surface area contributed by atoms with Gasteiger partial charge in [-0.05, 0) is 29.7 Å². The molecule has 114 valence electrons. The number of carboxylic acids is 1. The zero-order valence-electron chi connectivity index (χ0n) is 12.5. The van der Waals surface area contributed by atoms with Gasteiger partial charge in [-0.2, -0.15) is 0 Å². The van der Waals surface area contributed by atoms with Crippen molar-refractivity contribution in [2.45, 2.75) is 25.8 Å². The lowest BCUT2D eigenvalue weighted by Crippen LogP contribution is -2.42. The molecule has 0 aliphatic carbocycles. The Labute approximate surface area is 129 Å². The highest BCUT2D eigenvalue weighted by Crippen LogP contribution is 2.07. The van der Waals surface area contributed by atoms with Crippen LogP contribution in [0.3, 0.4) is 0 Å². The molecule has 22 heavy (non-hydrogen) atoms. The Balaban J connectivity index is 2.06. The molecule has 0 heterocycles. The predicted molar refractivity (Wildman–Crippen MR) is 84.9 cm³/mol. The topological polar surface area (TPSA) is 66.4 Å². The first-order valence-electron chi connectivity index (χ1n) is 7.26. The molecule has 0 saturated heterocycles. The molecule has 0 saturated carbocycles. The summed E-state index contributed by atoms with van der Waals surface area (Å²) >= 11 is 0. The molecule has 2 rings (SSSR count). The third-order valence-corrected chi connectivity index (χ3v) is 3.51. The predicted octanol–water partition coefficient (Wildman–Crippen LogP) is 2.67. The summed E-state index contributed by atoms with van der Waals surface area (Å²) in [5, 5.41) is 11.9. The Kier molecular flexibility index (Phi) is 5.31. The maximum atomic E-state index is 12.2. The van der Waals surface area contributed by atoms with Crippen molar-refractivity contribution in [2.24, 2.45) is 0 Å². The van der Waals surface area contributed by atoms with Crippen LogP contribution < -0.4 is 5.32 Å². The summed E-state index contributed by atoms with van der Waals surface area (Å²) in [7, 11) is 0. The molecule has 0 fully saturated rings. The molecule has 4 nitrogen and oxygen atoms in total. The molecule has 4 heteroatoms. The zero-order valence-corrected chi connectivity index (χ0v) is 12.5. The summed E-state index contributed by atoms with van der Waals surface area (Å²) in [6.07, 6.45) is 1.16. The maximum Gasteiger partial charge on any atom is 0.326 e. The fourth-order valence-corrected chi connectivity index (χ4v) is 2.18. The molecule has 0 aliphatic rings. The van der Waals surface area contributed by atoms with Gasteiger partial charge >= 0.3 is 5.97 Å². The van der Waals surface area contributed by atoms with Crippen molar-refractivity contribution in [2.75, 3.05) is 0 Å². The first kappa shape index (κ1) is 15.8. The lowest BCUT2D eigenvalue weighted by molar-refractivity contribution is -0.139. The summed E-state index contributed by atoms with van der Waals surface area (Å²) < 4.78 is 0. The minimum atomic E-state index is -1.04. The second kappa shape index (κ2) is 7.41. The molecule has 2 aromatic carbocycles. The highest BCUT2D eigenvalue weighted by atomic mass is 16.4. The lowest BCUT2D eigenvalue weighted by atomic mass is 10.0. The monoisotopic (exact) mass is 297 g/mol. The number of hydrogen-bond donors (Lipinski definition) is 2. The molecule has 0 radical (unpaired) electrons. The molecule has 1 unspecified atom stereocenters. The van der Waals surface area contributed by atoms with E-state index in [4.69, 9.17) is 0 Å². The maximum absolute atomic E-state index is 12.2. The molecule has 2 aromatic rings. The molecule has 0 aliphatic heterocycles. The van der Waals surface area contributed by atoms with Crippen LogP contribution in [-0.2, 0) is 17.6 Å². The molecular weight excluding hydrogens is 278 g/mol. The smallest absolute Gasteiger partial charge is 0.326 e. The van der Waals surface area contributed by atoms with Gasteiger partial charge in [0.25, 0.3) is 5.91 Å². The molecular formula is C18H19NO3. The zero-order chi connectivity index (χ0) is 15.9. The van der Waals surface area contributed by atoms with Crippen LogP contribution in [0.4, 0.5) is 0 Å². The summed E-state index contributed by atoms with van der Waals surface area (Å²) in [5.74, 6) is -1.41. The van der Waals surface area contributed by atoms with Gasteiger partial charge < -0.3 is 10.4 Å². The van der Waals surface area contributed by atoms with Crippen LogP contribution in [0.25, 0.3) is 0 Å². The standard InChI is InChI=1S/C18H19NO3/c1-2-13-8-10-15(11-9-13)17(20)19-16(18(21)22)12-14-6-4-3-5-7-14/h3-11,16H,2,12H2,1H3,(H,19,20)(H,21,22). The van der Waals surface area contributed by atoms with Crippen LogP contribution in [0, 0.1) is 0 Å². The van der Waals surface area contributed by atoms with E-state index in [0.717, 1.165) is 17.5 Å². The van der Waals surface area contributed by atoms with E-state index >= 15 is 0 Å². The summed E-state index contributed by atoms with van der Waals surface area (Å²) in [6.45, 7) is 2.04. The van der Waals surface area contributed by atoms with E-state index in [1.165, 1.54) is 0 Å². The van der Waals surface area contributed by atoms with E-state index in [0.29, 0.717) is 5.56 Å². The number of amides is 1. The van der Waals surface area contributed by atoms with Crippen LogP contribution in [0.5, 0.6) is 0 Å². The van der Waals surface area contributed by atoms with E-state index in [-0.39, 0.29) is 12.3 Å². The van der Waals surface area contributed by atoms with Gasteiger partial charge in [0, 0.05) is 12.0 Å². The van der Waals surface area contributed by atoms with Crippen molar-refractivity contribution in [3.63, 3.8) is 0 Å². The van der Waals surface area contributed by atoms with Crippen molar-refractivity contribution in [1.29, 1.82) is 0 Å². The van der Waals surface area contributed by atoms with Gasteiger partial charge in [0.05, 0.1) is 0 Å². The van der Waals surface area contributed by atoms with Crippen molar-refractivity contribution in [1.82, 2.24) is 5.32 Å². The number of carboxylic acid groups (broad SMARTS) is 1. The van der Waals surface area contributed by atoms with E-state index in [9.17, 15) is 14.7 Å². The number of aryl methyl sites for hydroxylation is 1. The largest absolute Gasteiger partial charge is 0.480 e. The fraction of sp³-hybridized carbons (Fsp3) is 0.222. The Bertz CT molecular complexity index is 635. The van der Waals surface area contributed by atoms with E-state index in [2.05, 4.69) is 5.32 Å². The minimum Gasteiger partial charge on any atom is -0.480 e. The van der Waals surface area contributed by atoms with Crippen molar-refractivity contribution >= 4 is 11.9 Å². The molecule has 1 amide bonds. The third kappa shape index (κ3) is 4.19. The number of carbonyl (C=O) groups is 2. The SMILES string of the molecule is CCc1ccc(C(=O)NC(Cc2ccccc2)C(=O)O)cc1. The first-order chi connectivity index (χ1) is 10.6. The summed E-state index contributed by atoms with van der Waals surface area (Å²) in [4.78, 5) is 23.5. The van der Waals surface area contributed by atoms with Crippen LogP contribution >= 0.6 is 0 Å². The molecule has 0 spiro atoms. The highest BCUT2D eigenvalue weighted by Gasteiger charge is 2.21. The van der Waals surface area contributed by atoms with E-state index in [1.54, 1.807) is 12.1 Å². The highest BCUT2D eigenvalue weighted by molar-refractivity contribution is 5.96. The number of carbonyl (C=O) groups excluding carboxylic acids is 1. The average molecular weight is 297 g/mol. The van der Waals surface area contributed by atoms with Crippen molar-refractivity contribution in [3.05, 3.63) is 71.3 Å². The van der Waals surface area contributed by atoms with Gasteiger partial charge in [-0.3, -0.25) is 4.79 Å². The number of benzene rings is 2. The molecule has 0 aromatic heterocycles. The Hall–Kier alpha value is -2.62. The Morgan fingerprint density at radius 1 is 1.00 bits per heavy atom. The molecule has 2 N–H and O–H groups in total. The number of nitrogens with one attached hydrogen (secondary N) is 1. The third-order valence-electron chi connectivity index (χ3n) is 3.51. The Morgan fingerprint density at radius 2 is 1.64 bits per heavy atom. The van der Waals surface area contributed by atoms with Gasteiger partial charge in [-0.15, -0.1) is 0 Å². The van der Waals surface area contributed by atoms with Crippen LogP contribution in [-0.4, -0.2) is 23.0 Å². The van der Waals surface area contributed by atoms with E-state index in [1.807, 2.05) is 49.4 Å². The number of hydrogen-bond acceptors (Lipinski definition) is 2. The second-order valence-corrected chi connectivity index (χ2v) is 5.10. The second-order valence-electron chi connectivity index (χ2n) is 5.10. The summed E-state index contributed by atoms with van der Waals surface area (Å²) in [6, 6.07) is 15.5. The van der Waals surface area contributed by atoms with Crippen molar-refractivity contribution < 1.29 is 14.7 Å². The number of rotatable bonds is 6. The van der Waals surface area contributed by atoms with Gasteiger partial charge in [0.1, 0.15) is 6.04 Å². The Morgan fingerprint density at radius 3 is 2.18 bits per heavy atom. The summed E-state index contributed by atoms with van der Waals surface area (Å²) in [5.41, 5.74) is 2.48. The molecule has 0 bridgehead atoms. The van der Waals surface area contributed by atoms with Crippen LogP contribution in [0.1, 0.15) is 28.4 Å². The molecule has 1 atom stereocenters. The first-order valence-corrected chi connectivity index (χ1v) is 7.26. The minimum absolute atomic E-state index is 0.259.